The zero-order chi connectivity index (χ0) is 9.98. The van der Waals surface area contributed by atoms with E-state index in [2.05, 4.69) is 0 Å². The van der Waals surface area contributed by atoms with Crippen LogP contribution in [0.4, 0.5) is 0 Å². The Morgan fingerprint density at radius 3 is 1.25 bits per heavy atom. The van der Waals surface area contributed by atoms with E-state index in [9.17, 15) is 9.59 Å². The smallest absolute Gasteiger partial charge is 0.125 e. The molecule has 0 heterocycles. The molecule has 0 saturated carbocycles. The third-order valence-electron chi connectivity index (χ3n) is 1.04. The van der Waals surface area contributed by atoms with Gasteiger partial charge in [-0.3, -0.25) is 0 Å². The molecule has 0 aliphatic carbocycles. The monoisotopic (exact) mass is 176 g/mol. The Morgan fingerprint density at radius 1 is 1.00 bits per heavy atom. The van der Waals surface area contributed by atoms with E-state index in [4.69, 9.17) is 10.2 Å². The summed E-state index contributed by atoms with van der Waals surface area (Å²) in [4.78, 5) is 19.2. The van der Waals surface area contributed by atoms with Gasteiger partial charge in [-0.2, -0.15) is 0 Å². The molecule has 4 heteroatoms. The topological polar surface area (TPSA) is 74.6 Å². The lowest BCUT2D eigenvalue weighted by molar-refractivity contribution is -0.112. The first-order valence-electron chi connectivity index (χ1n) is 3.74. The predicted molar refractivity (Wildman–Crippen MR) is 44.6 cm³/mol. The molecule has 4 nitrogen and oxygen atoms in total. The molecule has 0 spiro atoms. The van der Waals surface area contributed by atoms with Crippen molar-refractivity contribution in [3.63, 3.8) is 0 Å². The second-order valence-electron chi connectivity index (χ2n) is 2.59. The van der Waals surface area contributed by atoms with Crippen LogP contribution in [0.1, 0.15) is 13.8 Å². The van der Waals surface area contributed by atoms with Crippen LogP contribution >= 0.6 is 0 Å². The number of carbonyl (C=O) groups is 2. The second-order valence-corrected chi connectivity index (χ2v) is 2.59. The fourth-order valence-corrected chi connectivity index (χ4v) is 0.0861. The molecule has 0 radical (unpaired) electrons. The van der Waals surface area contributed by atoms with E-state index in [-0.39, 0.29) is 25.0 Å². The lowest BCUT2D eigenvalue weighted by atomic mass is 10.2. The van der Waals surface area contributed by atoms with Crippen LogP contribution in [0.5, 0.6) is 0 Å². The molecule has 72 valence electrons. The van der Waals surface area contributed by atoms with E-state index in [0.717, 1.165) is 12.6 Å². The minimum absolute atomic E-state index is 0.0382. The van der Waals surface area contributed by atoms with Gasteiger partial charge in [-0.05, 0) is 0 Å². The van der Waals surface area contributed by atoms with Crippen molar-refractivity contribution >= 4 is 12.6 Å². The average molecular weight is 176 g/mol. The summed E-state index contributed by atoms with van der Waals surface area (Å²) in [5.74, 6) is -0.380. The fourth-order valence-electron chi connectivity index (χ4n) is 0.0861. The van der Waals surface area contributed by atoms with E-state index in [0.29, 0.717) is 0 Å². The lowest BCUT2D eigenvalue weighted by Gasteiger charge is -1.89. The van der Waals surface area contributed by atoms with Crippen molar-refractivity contribution < 1.29 is 19.8 Å². The van der Waals surface area contributed by atoms with Gasteiger partial charge in [0.15, 0.2) is 0 Å². The molecule has 0 aliphatic heterocycles. The van der Waals surface area contributed by atoms with Gasteiger partial charge in [0.1, 0.15) is 12.6 Å². The third kappa shape index (κ3) is 12.0. The Morgan fingerprint density at radius 2 is 1.25 bits per heavy atom. The van der Waals surface area contributed by atoms with Crippen molar-refractivity contribution in [2.45, 2.75) is 13.8 Å². The number of aliphatic hydroxyl groups is 2. The second kappa shape index (κ2) is 10.3. The lowest BCUT2D eigenvalue weighted by Crippen LogP contribution is -1.99. The maximum atomic E-state index is 9.58. The number of hydrogen-bond acceptors (Lipinski definition) is 4. The summed E-state index contributed by atoms with van der Waals surface area (Å²) in [6.45, 7) is 3.24. The van der Waals surface area contributed by atoms with E-state index in [1.54, 1.807) is 13.8 Å². The number of aliphatic hydroxyl groups excluding tert-OH is 2. The number of carbonyl (C=O) groups excluding carboxylic acids is 2. The van der Waals surface area contributed by atoms with Crippen LogP contribution in [0.15, 0.2) is 0 Å². The summed E-state index contributed by atoms with van der Waals surface area (Å²) in [6, 6.07) is 0. The van der Waals surface area contributed by atoms with Gasteiger partial charge in [-0.1, -0.05) is 13.8 Å². The van der Waals surface area contributed by atoms with Crippen molar-refractivity contribution in [2.75, 3.05) is 13.2 Å². The molecule has 2 unspecified atom stereocenters. The van der Waals surface area contributed by atoms with Crippen LogP contribution < -0.4 is 0 Å². The van der Waals surface area contributed by atoms with E-state index < -0.39 is 0 Å². The highest BCUT2D eigenvalue weighted by atomic mass is 16.3. The molecule has 0 aliphatic rings. The van der Waals surface area contributed by atoms with Gasteiger partial charge in [0.25, 0.3) is 0 Å². The Hall–Kier alpha value is -0.740. The van der Waals surface area contributed by atoms with Crippen molar-refractivity contribution in [3.8, 4) is 0 Å². The van der Waals surface area contributed by atoms with Crippen LogP contribution in [-0.4, -0.2) is 36.0 Å². The molecule has 0 aromatic carbocycles. The molecule has 0 amide bonds. The van der Waals surface area contributed by atoms with Crippen molar-refractivity contribution in [1.29, 1.82) is 0 Å². The normalized spacial score (nSPS) is 13.7. The van der Waals surface area contributed by atoms with Crippen molar-refractivity contribution in [3.05, 3.63) is 0 Å². The van der Waals surface area contributed by atoms with E-state index >= 15 is 0 Å². The third-order valence-corrected chi connectivity index (χ3v) is 1.04. The first-order valence-corrected chi connectivity index (χ1v) is 3.74. The van der Waals surface area contributed by atoms with Gasteiger partial charge in [-0.25, -0.2) is 0 Å². The summed E-state index contributed by atoms with van der Waals surface area (Å²) < 4.78 is 0. The SMILES string of the molecule is CC(C=O)CO.CC(C=O)CO. The zero-order valence-electron chi connectivity index (χ0n) is 7.43. The molecule has 0 fully saturated rings. The highest BCUT2D eigenvalue weighted by Crippen LogP contribution is 1.81. The summed E-state index contributed by atoms with van der Waals surface area (Å²) in [5, 5.41) is 16.2. The van der Waals surface area contributed by atoms with Gasteiger partial charge < -0.3 is 19.8 Å². The average Bonchev–Trinajstić information content (AvgIpc) is 2.16. The maximum Gasteiger partial charge on any atom is 0.125 e. The van der Waals surface area contributed by atoms with E-state index in [1.165, 1.54) is 0 Å². The first kappa shape index (κ1) is 13.8. The molecule has 0 saturated heterocycles. The van der Waals surface area contributed by atoms with Crippen molar-refractivity contribution in [2.24, 2.45) is 11.8 Å². The van der Waals surface area contributed by atoms with Crippen LogP contribution in [0.3, 0.4) is 0 Å². The number of hydrogen-bond donors (Lipinski definition) is 2. The highest BCUT2D eigenvalue weighted by molar-refractivity contribution is 5.52. The standard InChI is InChI=1S/2C4H8O2/c2*1-4(2-5)3-6/h2*2,4,6H,3H2,1H3. The van der Waals surface area contributed by atoms with Gasteiger partial charge in [0.2, 0.25) is 0 Å². The molecule has 0 rings (SSSR count). The minimum atomic E-state index is -0.190. The summed E-state index contributed by atoms with van der Waals surface area (Å²) >= 11 is 0. The van der Waals surface area contributed by atoms with Crippen LogP contribution in [0.2, 0.25) is 0 Å². The Bertz CT molecular complexity index is 99.6. The zero-order valence-corrected chi connectivity index (χ0v) is 7.43. The molecule has 0 aromatic heterocycles. The van der Waals surface area contributed by atoms with Gasteiger partial charge >= 0.3 is 0 Å². The quantitative estimate of drug-likeness (QED) is 0.573. The molecule has 0 aromatic rings. The number of aldehydes is 2. The van der Waals surface area contributed by atoms with Gasteiger partial charge in [0, 0.05) is 11.8 Å². The molecule has 2 N–H and O–H groups in total. The molecule has 2 atom stereocenters. The van der Waals surface area contributed by atoms with Gasteiger partial charge in [0.05, 0.1) is 13.2 Å². The van der Waals surface area contributed by atoms with Crippen molar-refractivity contribution in [1.82, 2.24) is 0 Å². The molecular weight excluding hydrogens is 160 g/mol. The molecule has 12 heavy (non-hydrogen) atoms. The maximum absolute atomic E-state index is 9.58. The Labute approximate surface area is 72.2 Å². The highest BCUT2D eigenvalue weighted by Gasteiger charge is 1.91. The molecular formula is C8H16O4. The summed E-state index contributed by atoms with van der Waals surface area (Å²) in [7, 11) is 0. The van der Waals surface area contributed by atoms with Crippen LogP contribution in [0, 0.1) is 11.8 Å². The Balaban J connectivity index is 0. The van der Waals surface area contributed by atoms with E-state index in [1.807, 2.05) is 0 Å². The minimum Gasteiger partial charge on any atom is -0.396 e. The number of rotatable bonds is 4. The van der Waals surface area contributed by atoms with Gasteiger partial charge in [-0.15, -0.1) is 0 Å². The van der Waals surface area contributed by atoms with Crippen LogP contribution in [-0.2, 0) is 9.59 Å². The largest absolute Gasteiger partial charge is 0.396 e. The summed E-state index contributed by atoms with van der Waals surface area (Å²) in [6.07, 6.45) is 1.44. The first-order chi connectivity index (χ1) is 5.62. The molecule has 0 bridgehead atoms. The Kier molecular flexibility index (Phi) is 11.8. The fraction of sp³-hybridized carbons (Fsp3) is 0.750. The predicted octanol–water partition coefficient (Wildman–Crippen LogP) is -0.373. The van der Waals surface area contributed by atoms with Crippen LogP contribution in [0.25, 0.3) is 0 Å². The summed E-state index contributed by atoms with van der Waals surface area (Å²) in [5.41, 5.74) is 0.